The van der Waals surface area contributed by atoms with Crippen molar-refractivity contribution in [2.75, 3.05) is 33.0 Å². The van der Waals surface area contributed by atoms with Crippen LogP contribution in [0.25, 0.3) is 0 Å². The SMILES string of the molecule is CC(c1cccc([N+](=O)[O-])c1)N(C)CC(=O)Nc1ccc(Cl)c(S(=O)(=O)N(C)C)c1. The number of benzene rings is 2. The Kier molecular flexibility index (Phi) is 7.54. The average molecular weight is 455 g/mol. The van der Waals surface area contributed by atoms with Crippen LogP contribution >= 0.6 is 11.6 Å². The highest BCUT2D eigenvalue weighted by molar-refractivity contribution is 7.89. The smallest absolute Gasteiger partial charge is 0.269 e. The van der Waals surface area contributed by atoms with Crippen molar-refractivity contribution in [3.8, 4) is 0 Å². The number of nitrogens with zero attached hydrogens (tertiary/aromatic N) is 3. The number of sulfonamides is 1. The maximum absolute atomic E-state index is 12.5. The van der Waals surface area contributed by atoms with Gasteiger partial charge in [0.1, 0.15) is 4.90 Å². The standard InChI is InChI=1S/C19H23ClN4O5S/c1-13(14-6-5-7-16(10-14)24(26)27)23(4)12-19(25)21-15-8-9-17(20)18(11-15)30(28,29)22(2)3/h5-11,13H,12H2,1-4H3,(H,21,25). The van der Waals surface area contributed by atoms with Crippen molar-refractivity contribution in [2.24, 2.45) is 0 Å². The highest BCUT2D eigenvalue weighted by Crippen LogP contribution is 2.27. The first-order chi connectivity index (χ1) is 13.9. The van der Waals surface area contributed by atoms with Crippen LogP contribution in [0.4, 0.5) is 11.4 Å². The quantitative estimate of drug-likeness (QED) is 0.484. The average Bonchev–Trinajstić information content (AvgIpc) is 2.68. The third kappa shape index (κ3) is 5.54. The Morgan fingerprint density at radius 2 is 1.87 bits per heavy atom. The topological polar surface area (TPSA) is 113 Å². The number of carbonyl (C=O) groups is 1. The van der Waals surface area contributed by atoms with Crippen molar-refractivity contribution < 1.29 is 18.1 Å². The van der Waals surface area contributed by atoms with E-state index in [0.717, 1.165) is 4.31 Å². The number of anilines is 1. The number of hydrogen-bond donors (Lipinski definition) is 1. The van der Waals surface area contributed by atoms with Gasteiger partial charge < -0.3 is 5.32 Å². The lowest BCUT2D eigenvalue weighted by Gasteiger charge is -2.24. The fourth-order valence-electron chi connectivity index (χ4n) is 2.69. The van der Waals surface area contributed by atoms with Gasteiger partial charge in [-0.05, 0) is 37.7 Å². The van der Waals surface area contributed by atoms with E-state index in [4.69, 9.17) is 11.6 Å². The second-order valence-electron chi connectivity index (χ2n) is 6.92. The van der Waals surface area contributed by atoms with Crippen molar-refractivity contribution in [1.82, 2.24) is 9.21 Å². The van der Waals surface area contributed by atoms with E-state index in [-0.39, 0.29) is 34.1 Å². The van der Waals surface area contributed by atoms with E-state index in [1.807, 2.05) is 6.92 Å². The van der Waals surface area contributed by atoms with Crippen molar-refractivity contribution >= 4 is 38.9 Å². The van der Waals surface area contributed by atoms with Gasteiger partial charge in [-0.15, -0.1) is 0 Å². The number of amides is 1. The Hall–Kier alpha value is -2.53. The van der Waals surface area contributed by atoms with Gasteiger partial charge >= 0.3 is 0 Å². The molecule has 0 aliphatic carbocycles. The molecule has 2 rings (SSSR count). The first kappa shape index (κ1) is 23.7. The second-order valence-corrected chi connectivity index (χ2v) is 9.45. The number of hydrogen-bond acceptors (Lipinski definition) is 6. The minimum Gasteiger partial charge on any atom is -0.325 e. The molecule has 1 unspecified atom stereocenters. The second kappa shape index (κ2) is 9.52. The van der Waals surface area contributed by atoms with E-state index < -0.39 is 14.9 Å². The van der Waals surface area contributed by atoms with Crippen molar-refractivity contribution in [3.63, 3.8) is 0 Å². The minimum atomic E-state index is -3.76. The van der Waals surface area contributed by atoms with E-state index in [2.05, 4.69) is 5.32 Å². The molecule has 1 N–H and O–H groups in total. The van der Waals surface area contributed by atoms with Crippen LogP contribution in [0.3, 0.4) is 0 Å². The van der Waals surface area contributed by atoms with Crippen molar-refractivity contribution in [2.45, 2.75) is 17.9 Å². The summed E-state index contributed by atoms with van der Waals surface area (Å²) in [5.74, 6) is -0.370. The predicted molar refractivity (Wildman–Crippen MR) is 115 cm³/mol. The van der Waals surface area contributed by atoms with Gasteiger partial charge in [-0.2, -0.15) is 0 Å². The van der Waals surface area contributed by atoms with Gasteiger partial charge in [-0.25, -0.2) is 12.7 Å². The van der Waals surface area contributed by atoms with Crippen LogP contribution in [0.2, 0.25) is 5.02 Å². The van der Waals surface area contributed by atoms with Gasteiger partial charge in [-0.3, -0.25) is 19.8 Å². The summed E-state index contributed by atoms with van der Waals surface area (Å²) in [5.41, 5.74) is 0.972. The molecule has 1 amide bonds. The summed E-state index contributed by atoms with van der Waals surface area (Å²) in [7, 11) is 0.730. The van der Waals surface area contributed by atoms with E-state index in [1.165, 1.54) is 44.4 Å². The molecule has 0 spiro atoms. The summed E-state index contributed by atoms with van der Waals surface area (Å²) in [6.45, 7) is 1.82. The Labute approximate surface area is 180 Å². The fourth-order valence-corrected chi connectivity index (χ4v) is 4.09. The largest absolute Gasteiger partial charge is 0.325 e. The third-order valence-electron chi connectivity index (χ3n) is 4.59. The first-order valence-corrected chi connectivity index (χ1v) is 10.7. The molecule has 2 aromatic rings. The molecular formula is C19H23ClN4O5S. The number of nitro benzene ring substituents is 1. The summed E-state index contributed by atoms with van der Waals surface area (Å²) in [6.07, 6.45) is 0. The van der Waals surface area contributed by atoms with Gasteiger partial charge in [0.05, 0.1) is 16.5 Å². The highest BCUT2D eigenvalue weighted by Gasteiger charge is 2.22. The van der Waals surface area contributed by atoms with E-state index in [1.54, 1.807) is 24.1 Å². The summed E-state index contributed by atoms with van der Waals surface area (Å²) in [6, 6.07) is 10.2. The van der Waals surface area contributed by atoms with Crippen LogP contribution in [0.5, 0.6) is 0 Å². The van der Waals surface area contributed by atoms with Crippen LogP contribution in [0, 0.1) is 10.1 Å². The van der Waals surface area contributed by atoms with Crippen molar-refractivity contribution in [3.05, 3.63) is 63.2 Å². The maximum Gasteiger partial charge on any atom is 0.269 e. The molecule has 11 heteroatoms. The number of carbonyl (C=O) groups excluding carboxylic acids is 1. The zero-order chi connectivity index (χ0) is 22.6. The molecule has 0 saturated heterocycles. The number of halogens is 1. The van der Waals surface area contributed by atoms with Crippen LogP contribution < -0.4 is 5.32 Å². The van der Waals surface area contributed by atoms with Gasteiger partial charge in [0.25, 0.3) is 5.69 Å². The Balaban J connectivity index is 2.12. The van der Waals surface area contributed by atoms with Gasteiger partial charge in [0.2, 0.25) is 15.9 Å². The Morgan fingerprint density at radius 3 is 2.47 bits per heavy atom. The molecule has 2 aromatic carbocycles. The van der Waals surface area contributed by atoms with Crippen LogP contribution in [0.15, 0.2) is 47.4 Å². The zero-order valence-electron chi connectivity index (χ0n) is 17.0. The number of nitrogens with one attached hydrogen (secondary N) is 1. The van der Waals surface area contributed by atoms with E-state index in [0.29, 0.717) is 11.3 Å². The summed E-state index contributed by atoms with van der Waals surface area (Å²) in [5, 5.41) is 13.7. The molecule has 0 fully saturated rings. The van der Waals surface area contributed by atoms with E-state index >= 15 is 0 Å². The number of nitro groups is 1. The molecule has 30 heavy (non-hydrogen) atoms. The summed E-state index contributed by atoms with van der Waals surface area (Å²) >= 11 is 6.02. The molecule has 0 heterocycles. The molecule has 0 aliphatic heterocycles. The molecular weight excluding hydrogens is 432 g/mol. The number of likely N-dealkylation sites (N-methyl/N-ethyl adjacent to an activating group) is 1. The van der Waals surface area contributed by atoms with Crippen LogP contribution in [-0.4, -0.2) is 56.1 Å². The molecule has 0 saturated carbocycles. The van der Waals surface area contributed by atoms with E-state index in [9.17, 15) is 23.3 Å². The molecule has 162 valence electrons. The normalized spacial score (nSPS) is 12.8. The number of non-ortho nitro benzene ring substituents is 1. The van der Waals surface area contributed by atoms with Gasteiger partial charge in [-0.1, -0.05) is 23.7 Å². The van der Waals surface area contributed by atoms with Gasteiger partial charge in [0.15, 0.2) is 0 Å². The predicted octanol–water partition coefficient (Wildman–Crippen LogP) is 3.13. The first-order valence-electron chi connectivity index (χ1n) is 8.90. The van der Waals surface area contributed by atoms with Gasteiger partial charge in [0, 0.05) is 38.0 Å². The zero-order valence-corrected chi connectivity index (χ0v) is 18.6. The number of rotatable bonds is 8. The Morgan fingerprint density at radius 1 is 1.20 bits per heavy atom. The molecule has 0 bridgehead atoms. The molecule has 0 aliphatic rings. The van der Waals surface area contributed by atoms with Crippen molar-refractivity contribution in [1.29, 1.82) is 0 Å². The monoisotopic (exact) mass is 454 g/mol. The molecule has 9 nitrogen and oxygen atoms in total. The highest BCUT2D eigenvalue weighted by atomic mass is 35.5. The van der Waals surface area contributed by atoms with Crippen LogP contribution in [0.1, 0.15) is 18.5 Å². The Bertz CT molecular complexity index is 1060. The third-order valence-corrected chi connectivity index (χ3v) is 6.89. The maximum atomic E-state index is 12.5. The lowest BCUT2D eigenvalue weighted by Crippen LogP contribution is -2.32. The molecule has 1 atom stereocenters. The fraction of sp³-hybridized carbons (Fsp3) is 0.316. The lowest BCUT2D eigenvalue weighted by molar-refractivity contribution is -0.384. The summed E-state index contributed by atoms with van der Waals surface area (Å²) < 4.78 is 25.8. The molecule has 0 radical (unpaired) electrons. The van der Waals surface area contributed by atoms with Crippen LogP contribution in [-0.2, 0) is 14.8 Å². The summed E-state index contributed by atoms with van der Waals surface area (Å²) in [4.78, 5) is 24.6. The minimum absolute atomic E-state index is 0.0117. The molecule has 0 aromatic heterocycles. The lowest BCUT2D eigenvalue weighted by atomic mass is 10.1.